The molecule has 1 saturated heterocycles. The van der Waals surface area contributed by atoms with Crippen LogP contribution in [0.25, 0.3) is 0 Å². The zero-order valence-corrected chi connectivity index (χ0v) is 15.8. The summed E-state index contributed by atoms with van der Waals surface area (Å²) < 4.78 is 6.51. The molecule has 1 spiro atoms. The number of fused-ring (bicyclic) bond motifs is 3. The molecular weight excluding hydrogens is 328 g/mol. The smallest absolute Gasteiger partial charge is 0.178 e. The van der Waals surface area contributed by atoms with Crippen LogP contribution in [0.3, 0.4) is 0 Å². The van der Waals surface area contributed by atoms with E-state index in [1.54, 1.807) is 6.08 Å². The minimum absolute atomic E-state index is 0.0951. The van der Waals surface area contributed by atoms with Gasteiger partial charge in [0.05, 0.1) is 6.10 Å². The van der Waals surface area contributed by atoms with E-state index in [1.807, 2.05) is 6.08 Å². The third-order valence-electron chi connectivity index (χ3n) is 8.50. The lowest BCUT2D eigenvalue weighted by molar-refractivity contribution is -0.111. The van der Waals surface area contributed by atoms with Crippen LogP contribution >= 0.6 is 0 Å². The SMILES string of the molecule is C[C@@H]1C[C@H]2[C@@H]3CCC4=CC(=O)C=C[C@]4(C)[C@@]34O[C@H]4C[C@]2(C)/C1=C(\O)CO. The van der Waals surface area contributed by atoms with Crippen LogP contribution in [0, 0.1) is 28.6 Å². The lowest BCUT2D eigenvalue weighted by Crippen LogP contribution is -2.56. The third kappa shape index (κ3) is 1.71. The fourth-order valence-corrected chi connectivity index (χ4v) is 7.50. The zero-order valence-electron chi connectivity index (χ0n) is 15.8. The van der Waals surface area contributed by atoms with Crippen LogP contribution in [-0.2, 0) is 9.53 Å². The average Bonchev–Trinajstić information content (AvgIpc) is 3.24. The minimum Gasteiger partial charge on any atom is -0.510 e. The monoisotopic (exact) mass is 356 g/mol. The molecule has 4 nitrogen and oxygen atoms in total. The van der Waals surface area contributed by atoms with Gasteiger partial charge in [0, 0.05) is 5.41 Å². The molecule has 1 heterocycles. The number of hydrogen-bond acceptors (Lipinski definition) is 4. The van der Waals surface area contributed by atoms with Crippen molar-refractivity contribution >= 4 is 5.78 Å². The third-order valence-corrected chi connectivity index (χ3v) is 8.50. The summed E-state index contributed by atoms with van der Waals surface area (Å²) in [4.78, 5) is 11.9. The van der Waals surface area contributed by atoms with Crippen LogP contribution in [0.2, 0.25) is 0 Å². The number of rotatable bonds is 1. The Labute approximate surface area is 154 Å². The summed E-state index contributed by atoms with van der Waals surface area (Å²) in [6.45, 7) is 6.41. The van der Waals surface area contributed by atoms with Gasteiger partial charge in [0.2, 0.25) is 0 Å². The van der Waals surface area contributed by atoms with Crippen molar-refractivity contribution in [3.05, 3.63) is 35.1 Å². The molecule has 0 unspecified atom stereocenters. The molecule has 4 aliphatic carbocycles. The van der Waals surface area contributed by atoms with Gasteiger partial charge in [-0.25, -0.2) is 0 Å². The van der Waals surface area contributed by atoms with E-state index in [1.165, 1.54) is 5.57 Å². The maximum absolute atomic E-state index is 11.9. The normalized spacial score (nSPS) is 53.2. The zero-order chi connectivity index (χ0) is 18.5. The molecule has 0 aromatic carbocycles. The molecule has 0 radical (unpaired) electrons. The predicted molar refractivity (Wildman–Crippen MR) is 97.4 cm³/mol. The molecule has 3 saturated carbocycles. The van der Waals surface area contributed by atoms with Crippen LogP contribution in [0.5, 0.6) is 0 Å². The second-order valence-electron chi connectivity index (χ2n) is 9.54. The van der Waals surface area contributed by atoms with E-state index in [9.17, 15) is 15.0 Å². The van der Waals surface area contributed by atoms with Gasteiger partial charge in [-0.1, -0.05) is 25.5 Å². The highest BCUT2D eigenvalue weighted by atomic mass is 16.6. The standard InChI is InChI=1S/C22H28O4/c1-12-8-16-15-5-4-13-9-14(24)6-7-21(13,3)22(15)18(26-22)10-20(16,2)19(12)17(25)11-23/h6-7,9,12,15-16,18,23,25H,4-5,8,10-11H2,1-3H3/b19-17-/t12-,15+,16+,18+,20+,21+,22-/m1/s1. The molecule has 2 N–H and O–H groups in total. The Morgan fingerprint density at radius 2 is 2.12 bits per heavy atom. The van der Waals surface area contributed by atoms with Crippen molar-refractivity contribution in [2.75, 3.05) is 6.61 Å². The van der Waals surface area contributed by atoms with Crippen LogP contribution < -0.4 is 0 Å². The summed E-state index contributed by atoms with van der Waals surface area (Å²) in [5.41, 5.74) is 1.79. The lowest BCUT2D eigenvalue weighted by Gasteiger charge is -2.53. The number of aliphatic hydroxyl groups is 2. The maximum Gasteiger partial charge on any atom is 0.178 e. The summed E-state index contributed by atoms with van der Waals surface area (Å²) in [7, 11) is 0. The van der Waals surface area contributed by atoms with Crippen molar-refractivity contribution in [3.63, 3.8) is 0 Å². The van der Waals surface area contributed by atoms with E-state index < -0.39 is 0 Å². The molecule has 1 aliphatic heterocycles. The van der Waals surface area contributed by atoms with E-state index in [2.05, 4.69) is 26.8 Å². The highest BCUT2D eigenvalue weighted by Gasteiger charge is 2.78. The average molecular weight is 356 g/mol. The number of allylic oxidation sites excluding steroid dienone is 3. The summed E-state index contributed by atoms with van der Waals surface area (Å²) >= 11 is 0. The fourth-order valence-electron chi connectivity index (χ4n) is 7.50. The van der Waals surface area contributed by atoms with Crippen molar-refractivity contribution in [2.45, 2.75) is 58.2 Å². The Morgan fingerprint density at radius 1 is 1.35 bits per heavy atom. The van der Waals surface area contributed by atoms with Gasteiger partial charge in [0.25, 0.3) is 0 Å². The second-order valence-corrected chi connectivity index (χ2v) is 9.54. The molecule has 0 bridgehead atoms. The molecule has 7 atom stereocenters. The van der Waals surface area contributed by atoms with Gasteiger partial charge in [-0.05, 0) is 73.5 Å². The van der Waals surface area contributed by atoms with E-state index in [0.29, 0.717) is 17.8 Å². The van der Waals surface area contributed by atoms with E-state index in [-0.39, 0.29) is 40.7 Å². The van der Waals surface area contributed by atoms with Crippen molar-refractivity contribution in [3.8, 4) is 0 Å². The summed E-state index contributed by atoms with van der Waals surface area (Å²) in [5.74, 6) is 1.43. The molecule has 4 fully saturated rings. The Kier molecular flexibility index (Phi) is 3.16. The molecule has 26 heavy (non-hydrogen) atoms. The topological polar surface area (TPSA) is 70.1 Å². The predicted octanol–water partition coefficient (Wildman–Crippen LogP) is 3.48. The van der Waals surface area contributed by atoms with Gasteiger partial charge in [0.15, 0.2) is 5.78 Å². The van der Waals surface area contributed by atoms with Gasteiger partial charge >= 0.3 is 0 Å². The van der Waals surface area contributed by atoms with Crippen molar-refractivity contribution in [2.24, 2.45) is 28.6 Å². The Morgan fingerprint density at radius 3 is 2.85 bits per heavy atom. The Bertz CT molecular complexity index is 792. The van der Waals surface area contributed by atoms with E-state index in [4.69, 9.17) is 4.74 Å². The summed E-state index contributed by atoms with van der Waals surface area (Å²) in [5, 5.41) is 20.0. The maximum atomic E-state index is 11.9. The van der Waals surface area contributed by atoms with Crippen LogP contribution in [0.15, 0.2) is 35.1 Å². The molecule has 140 valence electrons. The molecule has 0 aromatic rings. The Hall–Kier alpha value is -1.39. The number of epoxide rings is 1. The van der Waals surface area contributed by atoms with Gasteiger partial charge in [0.1, 0.15) is 18.0 Å². The van der Waals surface area contributed by atoms with Crippen molar-refractivity contribution in [1.82, 2.24) is 0 Å². The molecule has 5 aliphatic rings. The summed E-state index contributed by atoms with van der Waals surface area (Å²) in [6.07, 6.45) is 9.72. The fraction of sp³-hybridized carbons (Fsp3) is 0.682. The van der Waals surface area contributed by atoms with Crippen LogP contribution in [-0.4, -0.2) is 34.3 Å². The Balaban J connectivity index is 1.61. The highest BCUT2D eigenvalue weighted by molar-refractivity contribution is 6.01. The summed E-state index contributed by atoms with van der Waals surface area (Å²) in [6, 6.07) is 0. The molecular formula is C22H28O4. The number of hydrogen-bond donors (Lipinski definition) is 2. The first-order valence-corrected chi connectivity index (χ1v) is 9.93. The molecule has 0 aromatic heterocycles. The van der Waals surface area contributed by atoms with Gasteiger partial charge in [-0.3, -0.25) is 4.79 Å². The number of ether oxygens (including phenoxy) is 1. The highest BCUT2D eigenvalue weighted by Crippen LogP contribution is 2.75. The van der Waals surface area contributed by atoms with E-state index in [0.717, 1.165) is 31.3 Å². The van der Waals surface area contributed by atoms with Gasteiger partial charge < -0.3 is 14.9 Å². The van der Waals surface area contributed by atoms with Gasteiger partial charge in [-0.2, -0.15) is 0 Å². The first-order valence-electron chi connectivity index (χ1n) is 9.93. The second kappa shape index (κ2) is 4.90. The molecule has 0 amide bonds. The van der Waals surface area contributed by atoms with Gasteiger partial charge in [-0.15, -0.1) is 0 Å². The van der Waals surface area contributed by atoms with Crippen molar-refractivity contribution in [1.29, 1.82) is 0 Å². The molecule has 5 rings (SSSR count). The first kappa shape index (κ1) is 16.8. The number of carbonyl (C=O) groups excluding carboxylic acids is 1. The lowest BCUT2D eigenvalue weighted by atomic mass is 9.48. The largest absolute Gasteiger partial charge is 0.510 e. The van der Waals surface area contributed by atoms with Crippen LogP contribution in [0.1, 0.15) is 46.5 Å². The van der Waals surface area contributed by atoms with Crippen molar-refractivity contribution < 1.29 is 19.7 Å². The minimum atomic E-state index is -0.279. The quantitative estimate of drug-likeness (QED) is 0.557. The first-order chi connectivity index (χ1) is 12.3. The number of aliphatic hydroxyl groups excluding tert-OH is 2. The van der Waals surface area contributed by atoms with Crippen LogP contribution in [0.4, 0.5) is 0 Å². The van der Waals surface area contributed by atoms with E-state index >= 15 is 0 Å². The molecule has 4 heteroatoms. The number of carbonyl (C=O) groups is 1. The number of ketones is 1.